The smallest absolute Gasteiger partial charge is 0.263 e. The second-order valence-corrected chi connectivity index (χ2v) is 11.4. The first-order chi connectivity index (χ1) is 16.7. The molecule has 2 aromatic carbocycles. The van der Waals surface area contributed by atoms with E-state index in [2.05, 4.69) is 14.6 Å². The third-order valence-corrected chi connectivity index (χ3v) is 8.62. The topological polar surface area (TPSA) is 91.8 Å². The van der Waals surface area contributed by atoms with Gasteiger partial charge in [0, 0.05) is 42.9 Å². The number of carbonyl (C=O) groups is 1. The first-order valence-electron chi connectivity index (χ1n) is 10.8. The van der Waals surface area contributed by atoms with Gasteiger partial charge >= 0.3 is 0 Å². The van der Waals surface area contributed by atoms with Gasteiger partial charge in [-0.1, -0.05) is 29.3 Å². The Balaban J connectivity index is 1.37. The average molecular weight is 556 g/mol. The Labute approximate surface area is 218 Å². The highest BCUT2D eigenvalue weighted by Gasteiger charge is 2.31. The number of hydrogen-bond acceptors (Lipinski definition) is 7. The molecule has 4 rings (SSSR count). The number of carbonyl (C=O) groups excluding carboxylic acids is 1. The number of thiazole rings is 1. The lowest BCUT2D eigenvalue weighted by molar-refractivity contribution is -0.140. The Morgan fingerprint density at radius 3 is 2.60 bits per heavy atom. The summed E-state index contributed by atoms with van der Waals surface area (Å²) in [6, 6.07) is 11.7. The number of amides is 1. The van der Waals surface area contributed by atoms with Crippen LogP contribution in [0.1, 0.15) is 13.8 Å². The van der Waals surface area contributed by atoms with Crippen molar-refractivity contribution in [3.63, 3.8) is 0 Å². The molecule has 0 bridgehead atoms. The number of sulfonamides is 1. The molecule has 1 amide bonds. The molecule has 0 radical (unpaired) electrons. The number of benzene rings is 2. The lowest BCUT2D eigenvalue weighted by Crippen LogP contribution is -2.56. The van der Waals surface area contributed by atoms with Gasteiger partial charge in [0.2, 0.25) is 0 Å². The molecule has 1 aromatic heterocycles. The van der Waals surface area contributed by atoms with Crippen LogP contribution in [0.4, 0.5) is 10.8 Å². The molecule has 1 fully saturated rings. The number of aromatic nitrogens is 1. The highest BCUT2D eigenvalue weighted by molar-refractivity contribution is 7.93. The van der Waals surface area contributed by atoms with Gasteiger partial charge in [0.05, 0.1) is 9.92 Å². The number of rotatable bonds is 7. The second-order valence-electron chi connectivity index (χ2n) is 8.08. The van der Waals surface area contributed by atoms with Crippen LogP contribution >= 0.6 is 34.5 Å². The Kier molecular flexibility index (Phi) is 7.75. The van der Waals surface area contributed by atoms with Crippen LogP contribution < -0.4 is 14.4 Å². The molecule has 186 valence electrons. The van der Waals surface area contributed by atoms with E-state index < -0.39 is 16.1 Å². The number of halogens is 2. The van der Waals surface area contributed by atoms with Crippen molar-refractivity contribution in [3.05, 3.63) is 64.1 Å². The number of ether oxygens (including phenoxy) is 1. The second kappa shape index (κ2) is 10.6. The van der Waals surface area contributed by atoms with Gasteiger partial charge in [-0.25, -0.2) is 13.4 Å². The molecule has 1 aliphatic rings. The summed E-state index contributed by atoms with van der Waals surface area (Å²) in [7, 11) is -3.71. The van der Waals surface area contributed by atoms with Gasteiger partial charge < -0.3 is 14.5 Å². The van der Waals surface area contributed by atoms with E-state index in [1.807, 2.05) is 6.92 Å². The molecule has 1 N–H and O–H groups in total. The first kappa shape index (κ1) is 25.6. The van der Waals surface area contributed by atoms with Crippen LogP contribution in [0.25, 0.3) is 0 Å². The van der Waals surface area contributed by atoms with E-state index in [1.165, 1.54) is 17.5 Å². The fourth-order valence-corrected chi connectivity index (χ4v) is 5.98. The Morgan fingerprint density at radius 1 is 1.20 bits per heavy atom. The van der Waals surface area contributed by atoms with Crippen LogP contribution in [-0.4, -0.2) is 56.0 Å². The highest BCUT2D eigenvalue weighted by atomic mass is 35.5. The monoisotopic (exact) mass is 554 g/mol. The van der Waals surface area contributed by atoms with Crippen molar-refractivity contribution in [3.8, 4) is 5.75 Å². The maximum absolute atomic E-state index is 13.1. The molecule has 12 heteroatoms. The minimum Gasteiger partial charge on any atom is -0.479 e. The number of nitrogens with one attached hydrogen (secondary N) is 1. The van der Waals surface area contributed by atoms with Crippen LogP contribution in [0.5, 0.6) is 5.75 Å². The van der Waals surface area contributed by atoms with Gasteiger partial charge in [-0.2, -0.15) is 0 Å². The third kappa shape index (κ3) is 5.83. The molecule has 2 atom stereocenters. The standard InChI is InChI=1S/C23H24Cl2N4O4S2/c1-15-14-28(17-6-8-18(9-7-17)35(31,32)27-23-26-10-13-34-23)11-12-29(15)22(30)16(2)33-20-5-3-4-19(24)21(20)25/h3-10,13,15-16H,11-12,14H2,1-2H3,(H,26,27)/t15-,16?/m0/s1. The molecule has 1 aliphatic heterocycles. The predicted octanol–water partition coefficient (Wildman–Crippen LogP) is 4.76. The van der Waals surface area contributed by atoms with E-state index in [0.29, 0.717) is 35.5 Å². The van der Waals surface area contributed by atoms with Gasteiger partial charge in [0.15, 0.2) is 11.2 Å². The Hall–Kier alpha value is -2.53. The molecular formula is C23H24Cl2N4O4S2. The molecule has 0 saturated carbocycles. The van der Waals surface area contributed by atoms with Crippen LogP contribution in [0, 0.1) is 0 Å². The van der Waals surface area contributed by atoms with Gasteiger partial charge in [-0.3, -0.25) is 9.52 Å². The van der Waals surface area contributed by atoms with Crippen molar-refractivity contribution in [2.24, 2.45) is 0 Å². The van der Waals surface area contributed by atoms with Crippen molar-refractivity contribution in [1.29, 1.82) is 0 Å². The summed E-state index contributed by atoms with van der Waals surface area (Å²) in [6.45, 7) is 5.37. The largest absolute Gasteiger partial charge is 0.479 e. The van der Waals surface area contributed by atoms with E-state index in [1.54, 1.807) is 59.7 Å². The number of nitrogens with zero attached hydrogens (tertiary/aromatic N) is 3. The first-order valence-corrected chi connectivity index (χ1v) is 14.0. The van der Waals surface area contributed by atoms with Gasteiger partial charge in [0.25, 0.3) is 15.9 Å². The zero-order valence-corrected chi connectivity index (χ0v) is 22.2. The summed E-state index contributed by atoms with van der Waals surface area (Å²) < 4.78 is 33.4. The van der Waals surface area contributed by atoms with E-state index in [9.17, 15) is 13.2 Å². The maximum Gasteiger partial charge on any atom is 0.263 e. The molecule has 0 aliphatic carbocycles. The molecule has 1 unspecified atom stereocenters. The maximum atomic E-state index is 13.1. The Morgan fingerprint density at radius 2 is 1.94 bits per heavy atom. The zero-order valence-electron chi connectivity index (χ0n) is 19.0. The Bertz CT molecular complexity index is 1290. The van der Waals surface area contributed by atoms with Crippen molar-refractivity contribution in [2.75, 3.05) is 29.3 Å². The molecule has 2 heterocycles. The van der Waals surface area contributed by atoms with Crippen LogP contribution in [0.15, 0.2) is 58.9 Å². The SMILES string of the molecule is CC(Oc1cccc(Cl)c1Cl)C(=O)N1CCN(c2ccc(S(=O)(=O)Nc3nccs3)cc2)C[C@@H]1C. The number of piperazine rings is 1. The molecule has 35 heavy (non-hydrogen) atoms. The van der Waals surface area contributed by atoms with E-state index in [4.69, 9.17) is 27.9 Å². The summed E-state index contributed by atoms with van der Waals surface area (Å²) in [5, 5.41) is 2.66. The minimum absolute atomic E-state index is 0.0767. The number of hydrogen-bond donors (Lipinski definition) is 1. The van der Waals surface area contributed by atoms with Crippen molar-refractivity contribution in [1.82, 2.24) is 9.88 Å². The lowest BCUT2D eigenvalue weighted by Gasteiger charge is -2.41. The normalized spacial score (nSPS) is 17.2. The van der Waals surface area contributed by atoms with Gasteiger partial charge in [0.1, 0.15) is 10.8 Å². The summed E-state index contributed by atoms with van der Waals surface area (Å²) in [5.41, 5.74) is 0.882. The zero-order chi connectivity index (χ0) is 25.2. The predicted molar refractivity (Wildman–Crippen MR) is 139 cm³/mol. The van der Waals surface area contributed by atoms with Crippen molar-refractivity contribution < 1.29 is 17.9 Å². The summed E-state index contributed by atoms with van der Waals surface area (Å²) >= 11 is 13.4. The summed E-state index contributed by atoms with van der Waals surface area (Å²) in [5.74, 6) is 0.230. The van der Waals surface area contributed by atoms with Gasteiger partial charge in [-0.15, -0.1) is 11.3 Å². The fraction of sp³-hybridized carbons (Fsp3) is 0.304. The minimum atomic E-state index is -3.71. The fourth-order valence-electron chi connectivity index (χ4n) is 3.85. The summed E-state index contributed by atoms with van der Waals surface area (Å²) in [4.78, 5) is 21.1. The van der Waals surface area contributed by atoms with Crippen LogP contribution in [0.3, 0.4) is 0 Å². The molecular weight excluding hydrogens is 531 g/mol. The van der Waals surface area contributed by atoms with Gasteiger partial charge in [-0.05, 0) is 50.2 Å². The average Bonchev–Trinajstić information content (AvgIpc) is 3.34. The summed E-state index contributed by atoms with van der Waals surface area (Å²) in [6.07, 6.45) is 0.811. The molecule has 8 nitrogen and oxygen atoms in total. The molecule has 1 saturated heterocycles. The quantitative estimate of drug-likeness (QED) is 0.452. The third-order valence-electron chi connectivity index (χ3n) is 5.64. The van der Waals surface area contributed by atoms with Crippen LogP contribution in [-0.2, 0) is 14.8 Å². The van der Waals surface area contributed by atoms with Crippen molar-refractivity contribution in [2.45, 2.75) is 30.9 Å². The van der Waals surface area contributed by atoms with Crippen molar-refractivity contribution >= 4 is 61.3 Å². The van der Waals surface area contributed by atoms with Crippen LogP contribution in [0.2, 0.25) is 10.0 Å². The van der Waals surface area contributed by atoms with E-state index in [-0.39, 0.29) is 21.9 Å². The highest BCUT2D eigenvalue weighted by Crippen LogP contribution is 2.32. The molecule has 0 spiro atoms. The van der Waals surface area contributed by atoms with E-state index >= 15 is 0 Å². The van der Waals surface area contributed by atoms with E-state index in [0.717, 1.165) is 5.69 Å². The number of anilines is 2. The lowest BCUT2D eigenvalue weighted by atomic mass is 10.1. The molecule has 3 aromatic rings.